The number of rotatable bonds is 4. The molecule has 1 heterocycles. The number of fused-ring (bicyclic) bond motifs is 1. The van der Waals surface area contributed by atoms with Crippen LogP contribution >= 0.6 is 0 Å². The lowest BCUT2D eigenvalue weighted by atomic mass is 9.99. The van der Waals surface area contributed by atoms with Gasteiger partial charge in [-0.05, 0) is 31.5 Å². The highest BCUT2D eigenvalue weighted by molar-refractivity contribution is 5.78. The zero-order chi connectivity index (χ0) is 14.0. The van der Waals surface area contributed by atoms with E-state index in [1.54, 1.807) is 0 Å². The highest BCUT2D eigenvalue weighted by atomic mass is 19.1. The number of carbonyl (C=O) groups is 1. The van der Waals surface area contributed by atoms with E-state index in [2.05, 4.69) is 9.97 Å². The minimum absolute atomic E-state index is 0.0497. The maximum atomic E-state index is 13.1. The summed E-state index contributed by atoms with van der Waals surface area (Å²) >= 11 is 0. The molecule has 0 saturated carbocycles. The van der Waals surface area contributed by atoms with Gasteiger partial charge in [0.15, 0.2) is 0 Å². The average Bonchev–Trinajstić information content (AvgIpc) is 2.36. The standard InChI is InChI=1S/C14H15FN2O2/c1-3-9(6-8(2)18)13-16-12-5-4-10(15)7-11(12)14(19)17-13/h4-5,7,9H,3,6H2,1-2H3,(H,16,17,19). The second-order valence-corrected chi connectivity index (χ2v) is 4.62. The summed E-state index contributed by atoms with van der Waals surface area (Å²) in [6, 6.07) is 3.91. The van der Waals surface area contributed by atoms with Crippen molar-refractivity contribution < 1.29 is 9.18 Å². The van der Waals surface area contributed by atoms with Crippen molar-refractivity contribution in [1.29, 1.82) is 0 Å². The Bertz CT molecular complexity index is 679. The number of benzene rings is 1. The Hall–Kier alpha value is -2.04. The number of hydrogen-bond donors (Lipinski definition) is 1. The molecule has 1 unspecified atom stereocenters. The van der Waals surface area contributed by atoms with Crippen molar-refractivity contribution in [1.82, 2.24) is 9.97 Å². The second kappa shape index (κ2) is 5.30. The van der Waals surface area contributed by atoms with E-state index in [1.807, 2.05) is 6.92 Å². The molecule has 0 amide bonds. The Morgan fingerprint density at radius 3 is 2.84 bits per heavy atom. The molecule has 0 aliphatic rings. The van der Waals surface area contributed by atoms with Gasteiger partial charge in [-0.3, -0.25) is 4.79 Å². The zero-order valence-electron chi connectivity index (χ0n) is 10.9. The van der Waals surface area contributed by atoms with Crippen LogP contribution in [0, 0.1) is 5.82 Å². The first-order valence-corrected chi connectivity index (χ1v) is 6.20. The number of aromatic amines is 1. The number of nitrogens with one attached hydrogen (secondary N) is 1. The van der Waals surface area contributed by atoms with Gasteiger partial charge in [-0.2, -0.15) is 0 Å². The first-order valence-electron chi connectivity index (χ1n) is 6.20. The summed E-state index contributed by atoms with van der Waals surface area (Å²) in [6.45, 7) is 3.44. The van der Waals surface area contributed by atoms with E-state index in [4.69, 9.17) is 0 Å². The minimum Gasteiger partial charge on any atom is -0.310 e. The number of aromatic nitrogens is 2. The molecule has 19 heavy (non-hydrogen) atoms. The largest absolute Gasteiger partial charge is 0.310 e. The Labute approximate surface area is 109 Å². The van der Waals surface area contributed by atoms with Gasteiger partial charge in [-0.15, -0.1) is 0 Å². The first-order chi connectivity index (χ1) is 9.01. The third kappa shape index (κ3) is 2.86. The van der Waals surface area contributed by atoms with Crippen LogP contribution in [0.2, 0.25) is 0 Å². The molecule has 100 valence electrons. The van der Waals surface area contributed by atoms with Crippen LogP contribution in [-0.4, -0.2) is 15.8 Å². The highest BCUT2D eigenvalue weighted by Gasteiger charge is 2.16. The van der Waals surface area contributed by atoms with E-state index in [0.29, 0.717) is 24.2 Å². The van der Waals surface area contributed by atoms with Gasteiger partial charge in [0.2, 0.25) is 0 Å². The summed E-state index contributed by atoms with van der Waals surface area (Å²) in [7, 11) is 0. The monoisotopic (exact) mass is 262 g/mol. The molecule has 0 spiro atoms. The second-order valence-electron chi connectivity index (χ2n) is 4.62. The SMILES string of the molecule is CCC(CC(C)=O)c1nc2ccc(F)cc2c(=O)[nH]1. The third-order valence-electron chi connectivity index (χ3n) is 3.10. The molecule has 1 aromatic carbocycles. The van der Waals surface area contributed by atoms with E-state index in [9.17, 15) is 14.0 Å². The van der Waals surface area contributed by atoms with Crippen molar-refractivity contribution in [2.75, 3.05) is 0 Å². The van der Waals surface area contributed by atoms with Crippen LogP contribution in [0.1, 0.15) is 38.4 Å². The topological polar surface area (TPSA) is 62.8 Å². The number of H-pyrrole nitrogens is 1. The van der Waals surface area contributed by atoms with Crippen LogP contribution in [0.4, 0.5) is 4.39 Å². The molecule has 1 aromatic heterocycles. The van der Waals surface area contributed by atoms with Crippen molar-refractivity contribution in [3.8, 4) is 0 Å². The summed E-state index contributed by atoms with van der Waals surface area (Å²) in [4.78, 5) is 30.1. The molecule has 0 aliphatic heterocycles. The molecule has 0 bridgehead atoms. The van der Waals surface area contributed by atoms with Crippen LogP contribution in [0.3, 0.4) is 0 Å². The predicted molar refractivity (Wildman–Crippen MR) is 70.7 cm³/mol. The predicted octanol–water partition coefficient (Wildman–Crippen LogP) is 2.53. The van der Waals surface area contributed by atoms with Gasteiger partial charge in [-0.1, -0.05) is 6.92 Å². The molecule has 2 aromatic rings. The molecule has 1 atom stereocenters. The van der Waals surface area contributed by atoms with Crippen molar-refractivity contribution in [3.05, 3.63) is 40.2 Å². The average molecular weight is 262 g/mol. The molecule has 1 N–H and O–H groups in total. The quantitative estimate of drug-likeness (QED) is 0.921. The summed E-state index contributed by atoms with van der Waals surface area (Å²) in [5.41, 5.74) is 0.0728. The smallest absolute Gasteiger partial charge is 0.258 e. The lowest BCUT2D eigenvalue weighted by Crippen LogP contribution is -2.16. The summed E-state index contributed by atoms with van der Waals surface area (Å²) in [5, 5.41) is 0.224. The normalized spacial score (nSPS) is 12.6. The lowest BCUT2D eigenvalue weighted by Gasteiger charge is -2.12. The van der Waals surface area contributed by atoms with Gasteiger partial charge in [0, 0.05) is 12.3 Å². The van der Waals surface area contributed by atoms with Gasteiger partial charge in [0.1, 0.15) is 17.4 Å². The van der Waals surface area contributed by atoms with Crippen LogP contribution in [0.5, 0.6) is 0 Å². The number of nitrogens with zero attached hydrogens (tertiary/aromatic N) is 1. The van der Waals surface area contributed by atoms with E-state index < -0.39 is 5.82 Å². The number of ketones is 1. The number of Topliss-reactive ketones (excluding diaryl/α,β-unsaturated/α-hetero) is 1. The number of halogens is 1. The Kier molecular flexibility index (Phi) is 3.74. The van der Waals surface area contributed by atoms with Gasteiger partial charge < -0.3 is 9.78 Å². The number of hydrogen-bond acceptors (Lipinski definition) is 3. The Morgan fingerprint density at radius 2 is 2.21 bits per heavy atom. The van der Waals surface area contributed by atoms with Crippen LogP contribution < -0.4 is 5.56 Å². The first kappa shape index (κ1) is 13.4. The Balaban J connectivity index is 2.53. The summed E-state index contributed by atoms with van der Waals surface area (Å²) in [5.74, 6) is -0.0431. The zero-order valence-corrected chi connectivity index (χ0v) is 10.9. The molecule has 0 fully saturated rings. The van der Waals surface area contributed by atoms with Crippen LogP contribution in [0.15, 0.2) is 23.0 Å². The van der Waals surface area contributed by atoms with Gasteiger partial charge in [-0.25, -0.2) is 9.37 Å². The number of carbonyl (C=O) groups excluding carboxylic acids is 1. The van der Waals surface area contributed by atoms with E-state index in [1.165, 1.54) is 19.1 Å². The maximum absolute atomic E-state index is 13.1. The fourth-order valence-corrected chi connectivity index (χ4v) is 2.10. The fraction of sp³-hybridized carbons (Fsp3) is 0.357. The van der Waals surface area contributed by atoms with Crippen LogP contribution in [0.25, 0.3) is 10.9 Å². The van der Waals surface area contributed by atoms with Crippen molar-refractivity contribution >= 4 is 16.7 Å². The maximum Gasteiger partial charge on any atom is 0.258 e. The van der Waals surface area contributed by atoms with Crippen LogP contribution in [-0.2, 0) is 4.79 Å². The molecule has 2 rings (SSSR count). The minimum atomic E-state index is -0.469. The third-order valence-corrected chi connectivity index (χ3v) is 3.10. The van der Waals surface area contributed by atoms with Crippen molar-refractivity contribution in [2.45, 2.75) is 32.6 Å². The van der Waals surface area contributed by atoms with Crippen molar-refractivity contribution in [3.63, 3.8) is 0 Å². The van der Waals surface area contributed by atoms with E-state index in [-0.39, 0.29) is 22.6 Å². The summed E-state index contributed by atoms with van der Waals surface area (Å²) < 4.78 is 13.1. The Morgan fingerprint density at radius 1 is 1.47 bits per heavy atom. The van der Waals surface area contributed by atoms with Gasteiger partial charge >= 0.3 is 0 Å². The highest BCUT2D eigenvalue weighted by Crippen LogP contribution is 2.21. The molecule has 5 heteroatoms. The fourth-order valence-electron chi connectivity index (χ4n) is 2.10. The molecule has 4 nitrogen and oxygen atoms in total. The molecule has 0 radical (unpaired) electrons. The van der Waals surface area contributed by atoms with E-state index >= 15 is 0 Å². The van der Waals surface area contributed by atoms with Gasteiger partial charge in [0.25, 0.3) is 5.56 Å². The molecule has 0 aliphatic carbocycles. The molecular weight excluding hydrogens is 247 g/mol. The summed E-state index contributed by atoms with van der Waals surface area (Å²) in [6.07, 6.45) is 1.04. The molecule has 0 saturated heterocycles. The van der Waals surface area contributed by atoms with E-state index in [0.717, 1.165) is 6.07 Å². The van der Waals surface area contributed by atoms with Gasteiger partial charge in [0.05, 0.1) is 10.9 Å². The lowest BCUT2D eigenvalue weighted by molar-refractivity contribution is -0.117. The van der Waals surface area contributed by atoms with Crippen molar-refractivity contribution in [2.24, 2.45) is 0 Å². The molecular formula is C14H15FN2O2.